The lowest BCUT2D eigenvalue weighted by molar-refractivity contribution is -0.0529. The SMILES string of the molecule is CS(=O)(=O)OCC(COS(C)(=O)=O)OCC(F)F. The number of halogens is 2. The lowest BCUT2D eigenvalue weighted by Gasteiger charge is -2.16. The summed E-state index contributed by atoms with van der Waals surface area (Å²) >= 11 is 0. The van der Waals surface area contributed by atoms with E-state index >= 15 is 0 Å². The van der Waals surface area contributed by atoms with Gasteiger partial charge in [0.15, 0.2) is 0 Å². The number of hydrogen-bond donors (Lipinski definition) is 0. The lowest BCUT2D eigenvalue weighted by Crippen LogP contribution is -2.29. The van der Waals surface area contributed by atoms with Crippen LogP contribution in [0.2, 0.25) is 0 Å². The van der Waals surface area contributed by atoms with E-state index in [9.17, 15) is 25.6 Å². The molecule has 0 radical (unpaired) electrons. The third-order valence-electron chi connectivity index (χ3n) is 1.39. The Hall–Kier alpha value is -0.360. The minimum Gasteiger partial charge on any atom is -0.367 e. The van der Waals surface area contributed by atoms with Gasteiger partial charge in [0.1, 0.15) is 12.7 Å². The summed E-state index contributed by atoms with van der Waals surface area (Å²) in [6, 6.07) is 0. The summed E-state index contributed by atoms with van der Waals surface area (Å²) in [6.07, 6.45) is -2.49. The first-order valence-electron chi connectivity index (χ1n) is 4.58. The Labute approximate surface area is 104 Å². The molecule has 0 aromatic rings. The van der Waals surface area contributed by atoms with Gasteiger partial charge in [-0.1, -0.05) is 0 Å². The fourth-order valence-electron chi connectivity index (χ4n) is 0.752. The molecule has 0 amide bonds. The molecule has 0 aromatic carbocycles. The zero-order valence-corrected chi connectivity index (χ0v) is 11.3. The standard InChI is InChI=1S/C7H14F2O7S2/c1-17(10,11)15-3-6(14-5-7(8)9)4-16-18(2,12)13/h6-7H,3-5H2,1-2H3. The largest absolute Gasteiger partial charge is 0.367 e. The Kier molecular flexibility index (Phi) is 7.14. The van der Waals surface area contributed by atoms with E-state index in [1.807, 2.05) is 0 Å². The van der Waals surface area contributed by atoms with E-state index in [1.165, 1.54) is 0 Å². The van der Waals surface area contributed by atoms with Crippen molar-refractivity contribution in [3.63, 3.8) is 0 Å². The summed E-state index contributed by atoms with van der Waals surface area (Å²) in [5.41, 5.74) is 0. The second kappa shape index (κ2) is 7.28. The molecule has 18 heavy (non-hydrogen) atoms. The Morgan fingerprint density at radius 1 is 0.889 bits per heavy atom. The van der Waals surface area contributed by atoms with Crippen molar-refractivity contribution in [2.24, 2.45) is 0 Å². The Bertz CT molecular complexity index is 395. The maximum Gasteiger partial charge on any atom is 0.264 e. The van der Waals surface area contributed by atoms with Crippen LogP contribution in [0.4, 0.5) is 8.78 Å². The first-order chi connectivity index (χ1) is 7.99. The van der Waals surface area contributed by atoms with Crippen LogP contribution in [-0.4, -0.2) is 61.7 Å². The molecule has 11 heteroatoms. The van der Waals surface area contributed by atoms with E-state index in [4.69, 9.17) is 0 Å². The third-order valence-corrected chi connectivity index (χ3v) is 2.52. The first kappa shape index (κ1) is 17.6. The Morgan fingerprint density at radius 3 is 1.56 bits per heavy atom. The monoisotopic (exact) mass is 312 g/mol. The van der Waals surface area contributed by atoms with Gasteiger partial charge < -0.3 is 4.74 Å². The average molecular weight is 312 g/mol. The summed E-state index contributed by atoms with van der Waals surface area (Å²) < 4.78 is 79.8. The van der Waals surface area contributed by atoms with Crippen molar-refractivity contribution in [1.29, 1.82) is 0 Å². The molecule has 0 rings (SSSR count). The molecule has 7 nitrogen and oxygen atoms in total. The smallest absolute Gasteiger partial charge is 0.264 e. The fourth-order valence-corrected chi connectivity index (χ4v) is 1.55. The molecule has 0 unspecified atom stereocenters. The van der Waals surface area contributed by atoms with Gasteiger partial charge in [-0.15, -0.1) is 0 Å². The van der Waals surface area contributed by atoms with Gasteiger partial charge >= 0.3 is 0 Å². The second-order valence-electron chi connectivity index (χ2n) is 3.32. The molecule has 0 aromatic heterocycles. The maximum atomic E-state index is 11.9. The van der Waals surface area contributed by atoms with Crippen LogP contribution in [0.1, 0.15) is 0 Å². The molecule has 0 fully saturated rings. The van der Waals surface area contributed by atoms with Crippen LogP contribution in [0.15, 0.2) is 0 Å². The third kappa shape index (κ3) is 12.1. The van der Waals surface area contributed by atoms with Crippen molar-refractivity contribution in [1.82, 2.24) is 0 Å². The summed E-state index contributed by atoms with van der Waals surface area (Å²) in [6.45, 7) is -2.20. The summed E-state index contributed by atoms with van der Waals surface area (Å²) in [4.78, 5) is 0. The molecule has 0 saturated heterocycles. The van der Waals surface area contributed by atoms with Gasteiger partial charge in [0.2, 0.25) is 0 Å². The first-order valence-corrected chi connectivity index (χ1v) is 8.21. The summed E-state index contributed by atoms with van der Waals surface area (Å²) in [5.74, 6) is 0. The molecule has 0 saturated carbocycles. The number of alkyl halides is 2. The molecule has 0 N–H and O–H groups in total. The molecular formula is C7H14F2O7S2. The Balaban J connectivity index is 4.33. The van der Waals surface area contributed by atoms with Crippen molar-refractivity contribution in [2.45, 2.75) is 12.5 Å². The van der Waals surface area contributed by atoms with Crippen LogP contribution in [0.25, 0.3) is 0 Å². The predicted octanol–water partition coefficient (Wildman–Crippen LogP) is -0.411. The van der Waals surface area contributed by atoms with Crippen molar-refractivity contribution in [2.75, 3.05) is 32.3 Å². The van der Waals surface area contributed by atoms with Gasteiger partial charge in [0.25, 0.3) is 26.7 Å². The van der Waals surface area contributed by atoms with Crippen LogP contribution in [-0.2, 0) is 33.3 Å². The van der Waals surface area contributed by atoms with Gasteiger partial charge in [-0.3, -0.25) is 8.37 Å². The van der Waals surface area contributed by atoms with E-state index in [0.29, 0.717) is 0 Å². The fraction of sp³-hybridized carbons (Fsp3) is 1.00. The van der Waals surface area contributed by atoms with Crippen LogP contribution in [0.5, 0.6) is 0 Å². The van der Waals surface area contributed by atoms with Gasteiger partial charge in [-0.2, -0.15) is 16.8 Å². The van der Waals surface area contributed by atoms with Gasteiger partial charge in [0.05, 0.1) is 25.7 Å². The number of rotatable bonds is 9. The van der Waals surface area contributed by atoms with Crippen LogP contribution in [0.3, 0.4) is 0 Å². The van der Waals surface area contributed by atoms with Gasteiger partial charge in [-0.05, 0) is 0 Å². The van der Waals surface area contributed by atoms with Crippen LogP contribution in [0, 0.1) is 0 Å². The van der Waals surface area contributed by atoms with Crippen LogP contribution >= 0.6 is 0 Å². The van der Waals surface area contributed by atoms with Crippen molar-refractivity contribution >= 4 is 20.2 Å². The molecule has 0 heterocycles. The Morgan fingerprint density at radius 2 is 1.28 bits per heavy atom. The molecular weight excluding hydrogens is 298 g/mol. The minimum atomic E-state index is -3.78. The molecule has 0 aliphatic carbocycles. The molecule has 0 aliphatic rings. The predicted molar refractivity (Wildman–Crippen MR) is 57.3 cm³/mol. The molecule has 0 atom stereocenters. The molecule has 0 aliphatic heterocycles. The zero-order chi connectivity index (χ0) is 14.4. The van der Waals surface area contributed by atoms with E-state index in [2.05, 4.69) is 13.1 Å². The summed E-state index contributed by atoms with van der Waals surface area (Å²) in [7, 11) is -7.57. The molecule has 0 bridgehead atoms. The van der Waals surface area contributed by atoms with Crippen LogP contribution < -0.4 is 0 Å². The highest BCUT2D eigenvalue weighted by atomic mass is 32.2. The quantitative estimate of drug-likeness (QED) is 0.534. The van der Waals surface area contributed by atoms with Crippen molar-refractivity contribution < 1.29 is 38.7 Å². The topological polar surface area (TPSA) is 96.0 Å². The van der Waals surface area contributed by atoms with Gasteiger partial charge in [0, 0.05) is 0 Å². The number of ether oxygens (including phenoxy) is 1. The highest BCUT2D eigenvalue weighted by Gasteiger charge is 2.18. The van der Waals surface area contributed by atoms with E-state index in [-0.39, 0.29) is 0 Å². The maximum absolute atomic E-state index is 11.9. The normalized spacial score (nSPS) is 13.4. The van der Waals surface area contributed by atoms with Crippen molar-refractivity contribution in [3.05, 3.63) is 0 Å². The van der Waals surface area contributed by atoms with Gasteiger partial charge in [-0.25, -0.2) is 8.78 Å². The van der Waals surface area contributed by atoms with E-state index in [1.54, 1.807) is 0 Å². The van der Waals surface area contributed by atoms with E-state index in [0.717, 1.165) is 12.5 Å². The van der Waals surface area contributed by atoms with E-state index < -0.39 is 52.6 Å². The zero-order valence-electron chi connectivity index (χ0n) is 9.71. The lowest BCUT2D eigenvalue weighted by atomic mass is 10.4. The summed E-state index contributed by atoms with van der Waals surface area (Å²) in [5, 5.41) is 0. The molecule has 110 valence electrons. The minimum absolute atomic E-state index is 0.610. The second-order valence-corrected chi connectivity index (χ2v) is 6.61. The molecule has 0 spiro atoms. The van der Waals surface area contributed by atoms with Crippen molar-refractivity contribution in [3.8, 4) is 0 Å². The highest BCUT2D eigenvalue weighted by molar-refractivity contribution is 7.86. The number of hydrogen-bond acceptors (Lipinski definition) is 7. The highest BCUT2D eigenvalue weighted by Crippen LogP contribution is 2.03. The average Bonchev–Trinajstić information content (AvgIpc) is 2.13.